The van der Waals surface area contributed by atoms with Crippen molar-refractivity contribution in [3.63, 3.8) is 0 Å². The fourth-order valence-corrected chi connectivity index (χ4v) is 5.05. The lowest BCUT2D eigenvalue weighted by Crippen LogP contribution is -2.50. The molecule has 4 aromatic rings. The average molecular weight is 531 g/mol. The maximum Gasteiger partial charge on any atom is 0.223 e. The standard InChI is InChI=1S/C30H31ClN4O3/c1-3-38-26-6-4-5-23(19-26)24-9-13-28-32-30(22-7-10-25(31)11-8-22)27(35(28)20-24)12-14-29(37)34-17-15-33(16-18-34)21(2)36/h4-11,13,19-20H,3,12,14-18H2,1-2H3. The Morgan fingerprint density at radius 3 is 2.34 bits per heavy atom. The Morgan fingerprint density at radius 1 is 0.921 bits per heavy atom. The highest BCUT2D eigenvalue weighted by Crippen LogP contribution is 2.30. The number of halogens is 1. The molecule has 0 spiro atoms. The molecule has 1 fully saturated rings. The number of aryl methyl sites for hydroxylation is 1. The monoisotopic (exact) mass is 530 g/mol. The highest BCUT2D eigenvalue weighted by atomic mass is 35.5. The molecule has 1 saturated heterocycles. The number of ether oxygens (including phenoxy) is 1. The lowest BCUT2D eigenvalue weighted by atomic mass is 10.1. The molecule has 0 atom stereocenters. The van der Waals surface area contributed by atoms with E-state index in [1.165, 1.54) is 0 Å². The highest BCUT2D eigenvalue weighted by Gasteiger charge is 2.23. The number of fused-ring (bicyclic) bond motifs is 1. The number of nitrogens with zero attached hydrogens (tertiary/aromatic N) is 4. The third kappa shape index (κ3) is 5.53. The van der Waals surface area contributed by atoms with Crippen molar-refractivity contribution in [3.8, 4) is 28.1 Å². The maximum atomic E-state index is 13.1. The Bertz CT molecular complexity index is 1460. The van der Waals surface area contributed by atoms with E-state index in [2.05, 4.69) is 22.7 Å². The van der Waals surface area contributed by atoms with Crippen LogP contribution in [0.25, 0.3) is 28.0 Å². The smallest absolute Gasteiger partial charge is 0.223 e. The van der Waals surface area contributed by atoms with Crippen LogP contribution in [0.2, 0.25) is 5.02 Å². The van der Waals surface area contributed by atoms with Crippen LogP contribution in [-0.4, -0.2) is 63.8 Å². The quantitative estimate of drug-likeness (QED) is 0.323. The molecule has 0 bridgehead atoms. The molecule has 2 amide bonds. The maximum absolute atomic E-state index is 13.1. The van der Waals surface area contributed by atoms with Crippen molar-refractivity contribution in [2.45, 2.75) is 26.7 Å². The number of benzene rings is 2. The predicted octanol–water partition coefficient (Wildman–Crippen LogP) is 5.34. The summed E-state index contributed by atoms with van der Waals surface area (Å²) in [5.74, 6) is 0.970. The van der Waals surface area contributed by atoms with Gasteiger partial charge in [-0.05, 0) is 60.9 Å². The third-order valence-electron chi connectivity index (χ3n) is 6.97. The molecule has 3 heterocycles. The van der Waals surface area contributed by atoms with E-state index >= 15 is 0 Å². The summed E-state index contributed by atoms with van der Waals surface area (Å²) < 4.78 is 7.79. The Morgan fingerprint density at radius 2 is 1.63 bits per heavy atom. The molecule has 196 valence electrons. The van der Waals surface area contributed by atoms with Crippen LogP contribution >= 0.6 is 11.6 Å². The fourth-order valence-electron chi connectivity index (χ4n) is 4.93. The SMILES string of the molecule is CCOc1cccc(-c2ccc3nc(-c4ccc(Cl)cc4)c(CCC(=O)N4CCN(C(C)=O)CC4)n3c2)c1. The first kappa shape index (κ1) is 25.8. The Labute approximate surface area is 227 Å². The van der Waals surface area contributed by atoms with Crippen molar-refractivity contribution >= 4 is 29.1 Å². The van der Waals surface area contributed by atoms with Gasteiger partial charge in [-0.15, -0.1) is 0 Å². The number of amides is 2. The summed E-state index contributed by atoms with van der Waals surface area (Å²) in [5, 5.41) is 0.662. The van der Waals surface area contributed by atoms with Crippen molar-refractivity contribution in [2.24, 2.45) is 0 Å². The molecule has 0 radical (unpaired) electrons. The molecule has 8 heteroatoms. The summed E-state index contributed by atoms with van der Waals surface area (Å²) in [6.07, 6.45) is 2.98. The second-order valence-electron chi connectivity index (χ2n) is 9.41. The van der Waals surface area contributed by atoms with Crippen molar-refractivity contribution in [2.75, 3.05) is 32.8 Å². The van der Waals surface area contributed by atoms with Gasteiger partial charge in [0.05, 0.1) is 18.0 Å². The van der Waals surface area contributed by atoms with Gasteiger partial charge < -0.3 is 18.9 Å². The number of imidazole rings is 1. The summed E-state index contributed by atoms with van der Waals surface area (Å²) >= 11 is 6.15. The summed E-state index contributed by atoms with van der Waals surface area (Å²) in [5.41, 5.74) is 5.67. The number of hydrogen-bond donors (Lipinski definition) is 0. The highest BCUT2D eigenvalue weighted by molar-refractivity contribution is 6.30. The van der Waals surface area contributed by atoms with Gasteiger partial charge in [0.25, 0.3) is 0 Å². The molecule has 0 saturated carbocycles. The van der Waals surface area contributed by atoms with Crippen molar-refractivity contribution in [1.29, 1.82) is 0 Å². The molecule has 0 aliphatic carbocycles. The number of pyridine rings is 1. The molecule has 0 unspecified atom stereocenters. The largest absolute Gasteiger partial charge is 0.494 e. The van der Waals surface area contributed by atoms with Crippen LogP contribution in [0.3, 0.4) is 0 Å². The van der Waals surface area contributed by atoms with Crippen molar-refractivity contribution in [3.05, 3.63) is 77.6 Å². The second kappa shape index (κ2) is 11.3. The van der Waals surface area contributed by atoms with Gasteiger partial charge in [-0.1, -0.05) is 35.9 Å². The number of rotatable bonds is 7. The summed E-state index contributed by atoms with van der Waals surface area (Å²) in [7, 11) is 0. The van der Waals surface area contributed by atoms with Crippen LogP contribution in [0.15, 0.2) is 66.9 Å². The van der Waals surface area contributed by atoms with Gasteiger partial charge in [0, 0.05) is 56.3 Å². The van der Waals surface area contributed by atoms with Gasteiger partial charge in [-0.25, -0.2) is 4.98 Å². The number of hydrogen-bond acceptors (Lipinski definition) is 4. The average Bonchev–Trinajstić information content (AvgIpc) is 3.30. The van der Waals surface area contributed by atoms with E-state index in [0.29, 0.717) is 50.7 Å². The summed E-state index contributed by atoms with van der Waals surface area (Å²) in [6, 6.07) is 19.7. The zero-order valence-corrected chi connectivity index (χ0v) is 22.4. The second-order valence-corrected chi connectivity index (χ2v) is 9.84. The van der Waals surface area contributed by atoms with Crippen molar-refractivity contribution < 1.29 is 14.3 Å². The summed E-state index contributed by atoms with van der Waals surface area (Å²) in [6.45, 7) is 6.44. The molecule has 2 aromatic heterocycles. The molecular formula is C30H31ClN4O3. The molecule has 5 rings (SSSR count). The van der Waals surface area contributed by atoms with Gasteiger partial charge in [0.2, 0.25) is 11.8 Å². The van der Waals surface area contributed by atoms with E-state index < -0.39 is 0 Å². The number of aromatic nitrogens is 2. The van der Waals surface area contributed by atoms with Crippen LogP contribution in [0.1, 0.15) is 26.0 Å². The van der Waals surface area contributed by atoms with Gasteiger partial charge in [0.15, 0.2) is 0 Å². The molecule has 1 aliphatic heterocycles. The molecule has 7 nitrogen and oxygen atoms in total. The fraction of sp³-hybridized carbons (Fsp3) is 0.300. The summed E-state index contributed by atoms with van der Waals surface area (Å²) in [4.78, 5) is 33.4. The van der Waals surface area contributed by atoms with E-state index in [1.807, 2.05) is 60.4 Å². The van der Waals surface area contributed by atoms with Crippen LogP contribution in [0.5, 0.6) is 5.75 Å². The van der Waals surface area contributed by atoms with Gasteiger partial charge in [0.1, 0.15) is 11.4 Å². The number of carbonyl (C=O) groups is 2. The molecule has 38 heavy (non-hydrogen) atoms. The number of carbonyl (C=O) groups excluding carboxylic acids is 2. The van der Waals surface area contributed by atoms with Crippen molar-refractivity contribution in [1.82, 2.24) is 19.2 Å². The molecule has 0 N–H and O–H groups in total. The van der Waals surface area contributed by atoms with Gasteiger partial charge in [-0.2, -0.15) is 0 Å². The first-order chi connectivity index (χ1) is 18.4. The third-order valence-corrected chi connectivity index (χ3v) is 7.22. The van der Waals surface area contributed by atoms with Gasteiger partial charge in [-0.3, -0.25) is 9.59 Å². The Balaban J connectivity index is 1.46. The zero-order valence-electron chi connectivity index (χ0n) is 21.7. The predicted molar refractivity (Wildman–Crippen MR) is 149 cm³/mol. The first-order valence-electron chi connectivity index (χ1n) is 13.0. The minimum Gasteiger partial charge on any atom is -0.494 e. The van der Waals surface area contributed by atoms with Crippen LogP contribution < -0.4 is 4.74 Å². The zero-order chi connectivity index (χ0) is 26.6. The number of piperazine rings is 1. The molecular weight excluding hydrogens is 500 g/mol. The lowest BCUT2D eigenvalue weighted by molar-refractivity contribution is -0.138. The van der Waals surface area contributed by atoms with Crippen LogP contribution in [0, 0.1) is 0 Å². The first-order valence-corrected chi connectivity index (χ1v) is 13.3. The van der Waals surface area contributed by atoms with E-state index in [4.69, 9.17) is 21.3 Å². The Kier molecular flexibility index (Phi) is 7.65. The molecule has 1 aliphatic rings. The van der Waals surface area contributed by atoms with Crippen LogP contribution in [-0.2, 0) is 16.0 Å². The van der Waals surface area contributed by atoms with E-state index in [9.17, 15) is 9.59 Å². The van der Waals surface area contributed by atoms with Gasteiger partial charge >= 0.3 is 0 Å². The minimum absolute atomic E-state index is 0.0537. The van der Waals surface area contributed by atoms with Crippen LogP contribution in [0.4, 0.5) is 0 Å². The van der Waals surface area contributed by atoms with E-state index in [-0.39, 0.29) is 11.8 Å². The normalized spacial score (nSPS) is 13.7. The Hall–Kier alpha value is -3.84. The van der Waals surface area contributed by atoms with E-state index in [0.717, 1.165) is 39.5 Å². The minimum atomic E-state index is 0.0537. The lowest BCUT2D eigenvalue weighted by Gasteiger charge is -2.34. The molecule has 2 aromatic carbocycles. The van der Waals surface area contributed by atoms with E-state index in [1.54, 1.807) is 11.8 Å². The topological polar surface area (TPSA) is 67.2 Å².